The van der Waals surface area contributed by atoms with E-state index in [1.54, 1.807) is 12.1 Å². The summed E-state index contributed by atoms with van der Waals surface area (Å²) in [6, 6.07) is 16.1. The van der Waals surface area contributed by atoms with E-state index in [0.717, 1.165) is 19.4 Å². The average Bonchev–Trinajstić information content (AvgIpc) is 3.42. The van der Waals surface area contributed by atoms with Crippen molar-refractivity contribution in [3.05, 3.63) is 71.5 Å². The molecule has 3 nitrogen and oxygen atoms in total. The maximum atomic E-state index is 13.2. The number of ether oxygens (including phenoxy) is 1. The van der Waals surface area contributed by atoms with Gasteiger partial charge in [0.05, 0.1) is 12.1 Å². The molecule has 1 heterocycles. The Balaban J connectivity index is 1.52. The Morgan fingerprint density at radius 3 is 2.46 bits per heavy atom. The Morgan fingerprint density at radius 1 is 1.04 bits per heavy atom. The van der Waals surface area contributed by atoms with Crippen molar-refractivity contribution in [1.29, 1.82) is 0 Å². The monoisotopic (exact) mass is 353 g/mol. The number of hydrogen-bond donors (Lipinski definition) is 0. The predicted molar refractivity (Wildman–Crippen MR) is 98.5 cm³/mol. The molecule has 136 valence electrons. The van der Waals surface area contributed by atoms with Crippen molar-refractivity contribution in [2.24, 2.45) is 5.92 Å². The number of rotatable bonds is 6. The van der Waals surface area contributed by atoms with Crippen molar-refractivity contribution >= 4 is 5.91 Å². The van der Waals surface area contributed by atoms with E-state index in [1.165, 1.54) is 30.5 Å². The van der Waals surface area contributed by atoms with E-state index in [2.05, 4.69) is 12.1 Å². The van der Waals surface area contributed by atoms with Crippen LogP contribution in [0.4, 0.5) is 4.39 Å². The number of amides is 1. The molecule has 4 heteroatoms. The minimum Gasteiger partial charge on any atom is -0.376 e. The van der Waals surface area contributed by atoms with Gasteiger partial charge in [0, 0.05) is 18.7 Å². The zero-order valence-corrected chi connectivity index (χ0v) is 14.8. The topological polar surface area (TPSA) is 29.5 Å². The molecule has 1 saturated heterocycles. The highest BCUT2D eigenvalue weighted by molar-refractivity contribution is 5.94. The molecule has 26 heavy (non-hydrogen) atoms. The summed E-state index contributed by atoms with van der Waals surface area (Å²) in [5, 5.41) is 0. The van der Waals surface area contributed by atoms with E-state index in [9.17, 15) is 9.18 Å². The molecule has 0 radical (unpaired) electrons. The fraction of sp³-hybridized carbons (Fsp3) is 0.409. The Morgan fingerprint density at radius 2 is 1.77 bits per heavy atom. The summed E-state index contributed by atoms with van der Waals surface area (Å²) in [5.74, 6) is 0.340. The molecule has 1 amide bonds. The number of likely N-dealkylation sites (tertiary alicyclic amines) is 1. The molecule has 2 fully saturated rings. The number of carbonyl (C=O) groups is 1. The Labute approximate surface area is 153 Å². The maximum Gasteiger partial charge on any atom is 0.254 e. The molecule has 2 aromatic carbocycles. The molecule has 1 saturated carbocycles. The van der Waals surface area contributed by atoms with Crippen molar-refractivity contribution in [2.45, 2.75) is 37.8 Å². The van der Waals surface area contributed by atoms with Crippen LogP contribution in [0, 0.1) is 11.7 Å². The van der Waals surface area contributed by atoms with Gasteiger partial charge in [-0.15, -0.1) is 0 Å². The molecule has 2 aromatic rings. The van der Waals surface area contributed by atoms with Gasteiger partial charge in [-0.05, 0) is 61.4 Å². The lowest BCUT2D eigenvalue weighted by Gasteiger charge is -2.28. The fourth-order valence-corrected chi connectivity index (χ4v) is 3.67. The van der Waals surface area contributed by atoms with Gasteiger partial charge in [-0.2, -0.15) is 0 Å². The Bertz CT molecular complexity index is 742. The largest absolute Gasteiger partial charge is 0.376 e. The zero-order chi connectivity index (χ0) is 17.9. The molecule has 2 atom stereocenters. The van der Waals surface area contributed by atoms with Gasteiger partial charge in [0.25, 0.3) is 5.91 Å². The van der Waals surface area contributed by atoms with Gasteiger partial charge in [0.1, 0.15) is 5.82 Å². The summed E-state index contributed by atoms with van der Waals surface area (Å²) in [5.41, 5.74) is 1.74. The normalized spacial score (nSPS) is 22.6. The summed E-state index contributed by atoms with van der Waals surface area (Å²) in [6.45, 7) is 1.48. The number of halogens is 1. The first-order valence-corrected chi connectivity index (χ1v) is 9.43. The van der Waals surface area contributed by atoms with Crippen molar-refractivity contribution in [1.82, 2.24) is 4.90 Å². The van der Waals surface area contributed by atoms with Crippen molar-refractivity contribution < 1.29 is 13.9 Å². The Hall–Kier alpha value is -2.20. The SMILES string of the molecule is O=C(c1ccc(F)cc1)N1CC[C@@H](OCC2CC2)[C@@H]1Cc1ccccc1. The molecule has 2 aliphatic rings. The van der Waals surface area contributed by atoms with Crippen LogP contribution in [0.25, 0.3) is 0 Å². The molecular weight excluding hydrogens is 329 g/mol. The summed E-state index contributed by atoms with van der Waals surface area (Å²) in [6.07, 6.45) is 4.23. The van der Waals surface area contributed by atoms with Crippen molar-refractivity contribution in [3.8, 4) is 0 Å². The average molecular weight is 353 g/mol. The lowest BCUT2D eigenvalue weighted by Crippen LogP contribution is -2.42. The highest BCUT2D eigenvalue weighted by Crippen LogP contribution is 2.32. The summed E-state index contributed by atoms with van der Waals surface area (Å²) >= 11 is 0. The fourth-order valence-electron chi connectivity index (χ4n) is 3.67. The molecule has 1 aliphatic carbocycles. The minimum absolute atomic E-state index is 0.0219. The Kier molecular flexibility index (Phi) is 5.02. The smallest absolute Gasteiger partial charge is 0.254 e. The van der Waals surface area contributed by atoms with Gasteiger partial charge >= 0.3 is 0 Å². The first-order valence-electron chi connectivity index (χ1n) is 9.43. The third-order valence-corrected chi connectivity index (χ3v) is 5.37. The molecule has 0 bridgehead atoms. The van der Waals surface area contributed by atoms with Gasteiger partial charge in [-0.3, -0.25) is 4.79 Å². The molecule has 1 aliphatic heterocycles. The first kappa shape index (κ1) is 17.2. The number of benzene rings is 2. The standard InChI is InChI=1S/C22H24FNO2/c23-19-10-8-18(9-11-19)22(25)24-13-12-21(26-15-17-6-7-17)20(24)14-16-4-2-1-3-5-16/h1-5,8-11,17,20-21H,6-7,12-15H2/t20-,21+/m0/s1. The second-order valence-electron chi connectivity index (χ2n) is 7.37. The van der Waals surface area contributed by atoms with E-state index in [-0.39, 0.29) is 23.9 Å². The van der Waals surface area contributed by atoms with Crippen LogP contribution in [0.5, 0.6) is 0 Å². The van der Waals surface area contributed by atoms with Gasteiger partial charge in [-0.25, -0.2) is 4.39 Å². The van der Waals surface area contributed by atoms with Crippen LogP contribution in [-0.4, -0.2) is 36.1 Å². The summed E-state index contributed by atoms with van der Waals surface area (Å²) < 4.78 is 19.4. The predicted octanol–water partition coefficient (Wildman–Crippen LogP) is 4.08. The van der Waals surface area contributed by atoms with E-state index in [0.29, 0.717) is 18.0 Å². The highest BCUT2D eigenvalue weighted by atomic mass is 19.1. The van der Waals surface area contributed by atoms with E-state index in [4.69, 9.17) is 4.74 Å². The van der Waals surface area contributed by atoms with Gasteiger partial charge in [0.15, 0.2) is 0 Å². The van der Waals surface area contributed by atoms with Crippen LogP contribution in [0.2, 0.25) is 0 Å². The van der Waals surface area contributed by atoms with Gasteiger partial charge < -0.3 is 9.64 Å². The number of hydrogen-bond acceptors (Lipinski definition) is 2. The van der Waals surface area contributed by atoms with E-state index >= 15 is 0 Å². The third-order valence-electron chi connectivity index (χ3n) is 5.37. The molecular formula is C22H24FNO2. The van der Waals surface area contributed by atoms with Crippen molar-refractivity contribution in [2.75, 3.05) is 13.2 Å². The molecule has 0 aromatic heterocycles. The minimum atomic E-state index is -0.325. The molecule has 0 unspecified atom stereocenters. The van der Waals surface area contributed by atoms with Crippen molar-refractivity contribution in [3.63, 3.8) is 0 Å². The van der Waals surface area contributed by atoms with E-state index < -0.39 is 0 Å². The zero-order valence-electron chi connectivity index (χ0n) is 14.8. The lowest BCUT2D eigenvalue weighted by atomic mass is 10.0. The maximum absolute atomic E-state index is 13.2. The number of nitrogens with zero attached hydrogens (tertiary/aromatic N) is 1. The number of carbonyl (C=O) groups excluding carboxylic acids is 1. The van der Waals surface area contributed by atoms with Crippen LogP contribution >= 0.6 is 0 Å². The van der Waals surface area contributed by atoms with Crippen LogP contribution < -0.4 is 0 Å². The van der Waals surface area contributed by atoms with E-state index in [1.807, 2.05) is 23.1 Å². The first-order chi connectivity index (χ1) is 12.7. The summed E-state index contributed by atoms with van der Waals surface area (Å²) in [4.78, 5) is 14.9. The molecule has 0 spiro atoms. The lowest BCUT2D eigenvalue weighted by molar-refractivity contribution is 0.0200. The highest BCUT2D eigenvalue weighted by Gasteiger charge is 2.39. The van der Waals surface area contributed by atoms with Crippen LogP contribution in [0.1, 0.15) is 35.2 Å². The third kappa shape index (κ3) is 3.96. The van der Waals surface area contributed by atoms with Gasteiger partial charge in [-0.1, -0.05) is 30.3 Å². The molecule has 0 N–H and O–H groups in total. The van der Waals surface area contributed by atoms with Crippen LogP contribution in [0.3, 0.4) is 0 Å². The second kappa shape index (κ2) is 7.58. The quantitative estimate of drug-likeness (QED) is 0.783. The van der Waals surface area contributed by atoms with Crippen LogP contribution in [0.15, 0.2) is 54.6 Å². The summed E-state index contributed by atoms with van der Waals surface area (Å²) in [7, 11) is 0. The molecule has 4 rings (SSSR count). The van der Waals surface area contributed by atoms with Gasteiger partial charge in [0.2, 0.25) is 0 Å². The van der Waals surface area contributed by atoms with Crippen LogP contribution in [-0.2, 0) is 11.2 Å². The second-order valence-corrected chi connectivity index (χ2v) is 7.37.